The Morgan fingerprint density at radius 2 is 0.609 bits per heavy atom. The van der Waals surface area contributed by atoms with E-state index in [0.717, 1.165) is 43.1 Å². The van der Waals surface area contributed by atoms with Crippen molar-refractivity contribution in [1.29, 1.82) is 0 Å². The first-order valence-corrected chi connectivity index (χ1v) is 21.4. The lowest BCUT2D eigenvalue weighted by atomic mass is 9.74. The summed E-state index contributed by atoms with van der Waals surface area (Å²) < 4.78 is 80.1. The maximum absolute atomic E-state index is 20.1. The first kappa shape index (κ1) is 36.8. The van der Waals surface area contributed by atoms with Crippen LogP contribution in [0.15, 0.2) is 200 Å². The fraction of sp³-hybridized carbons (Fsp3) is 0.0714. The van der Waals surface area contributed by atoms with Crippen molar-refractivity contribution in [2.45, 2.75) is 18.6 Å². The standard InChI is InChI=1S/C56H36F4N4/c1-55(64-48-32-16-8-24-40(48)41-25-9-17-33-49(41)64)53(56(58,59)60)51(62-44-28-12-4-20-36(44)37-21-5-13-29-45(37)62)50(61-42-26-10-2-18-34(42)35-19-3-11-27-43(35)61)52(54(55)57)63-46-30-14-6-22-38(46)39-23-7-15-31-47(39)63/h2-33,53H,1H3. The van der Waals surface area contributed by atoms with Crippen molar-refractivity contribution < 1.29 is 17.6 Å². The van der Waals surface area contributed by atoms with E-state index in [-0.39, 0.29) is 17.1 Å². The Labute approximate surface area is 363 Å². The van der Waals surface area contributed by atoms with E-state index in [2.05, 4.69) is 0 Å². The predicted molar refractivity (Wildman–Crippen MR) is 255 cm³/mol. The third kappa shape index (κ3) is 4.72. The number of rotatable bonds is 4. The lowest BCUT2D eigenvalue weighted by molar-refractivity contribution is -0.180. The van der Waals surface area contributed by atoms with Gasteiger partial charge in [0, 0.05) is 43.1 Å². The van der Waals surface area contributed by atoms with Gasteiger partial charge in [-0.25, -0.2) is 4.39 Å². The fourth-order valence-corrected chi connectivity index (χ4v) is 11.3. The van der Waals surface area contributed by atoms with Crippen LogP contribution in [0.4, 0.5) is 17.6 Å². The quantitative estimate of drug-likeness (QED) is 0.157. The highest BCUT2D eigenvalue weighted by Crippen LogP contribution is 2.61. The van der Waals surface area contributed by atoms with E-state index in [1.807, 2.05) is 203 Å². The normalized spacial score (nSPS) is 17.5. The summed E-state index contributed by atoms with van der Waals surface area (Å²) in [5, 5.41) is 6.45. The number of fused-ring (bicyclic) bond motifs is 12. The average Bonchev–Trinajstić information content (AvgIpc) is 4.05. The van der Waals surface area contributed by atoms with E-state index in [9.17, 15) is 0 Å². The smallest absolute Gasteiger partial charge is 0.327 e. The Balaban J connectivity index is 1.36. The Bertz CT molecular complexity index is 3790. The highest BCUT2D eigenvalue weighted by atomic mass is 19.4. The van der Waals surface area contributed by atoms with Gasteiger partial charge in [0.05, 0.1) is 55.5 Å². The van der Waals surface area contributed by atoms with Gasteiger partial charge < -0.3 is 18.3 Å². The first-order chi connectivity index (χ1) is 31.3. The Morgan fingerprint density at radius 1 is 0.359 bits per heavy atom. The van der Waals surface area contributed by atoms with Crippen molar-refractivity contribution in [2.75, 3.05) is 0 Å². The molecule has 0 aliphatic heterocycles. The molecule has 2 atom stereocenters. The zero-order valence-corrected chi connectivity index (χ0v) is 34.4. The number of allylic oxidation sites excluding steroid dienone is 4. The summed E-state index contributed by atoms with van der Waals surface area (Å²) in [6, 6.07) is 61.1. The third-order valence-electron chi connectivity index (χ3n) is 13.8. The molecule has 0 amide bonds. The molecule has 4 aromatic heterocycles. The van der Waals surface area contributed by atoms with Gasteiger partial charge in [-0.2, -0.15) is 13.2 Å². The molecule has 0 radical (unpaired) electrons. The number of nitrogens with zero attached hydrogens (tertiary/aromatic N) is 4. The maximum atomic E-state index is 20.1. The molecule has 0 saturated heterocycles. The van der Waals surface area contributed by atoms with E-state index >= 15 is 17.6 Å². The van der Waals surface area contributed by atoms with Crippen molar-refractivity contribution in [3.63, 3.8) is 0 Å². The molecular formula is C56H36F4N4. The third-order valence-corrected chi connectivity index (χ3v) is 13.8. The van der Waals surface area contributed by atoms with E-state index in [1.54, 1.807) is 9.13 Å². The Hall–Kier alpha value is -7.84. The van der Waals surface area contributed by atoms with Crippen LogP contribution in [0.25, 0.3) is 104 Å². The SMILES string of the molecule is CC1(n2c3ccccc3c3ccccc32)C(F)=C(n2c3ccccc3c3ccccc32)C(n2c3ccccc3c3ccccc32)=C(n2c3ccccc3c3ccccc32)C1C(F)(F)F. The second kappa shape index (κ2) is 13.1. The summed E-state index contributed by atoms with van der Waals surface area (Å²) in [5.74, 6) is -3.36. The molecule has 8 heteroatoms. The number of hydrogen-bond donors (Lipinski definition) is 0. The molecule has 0 saturated carbocycles. The summed E-state index contributed by atoms with van der Waals surface area (Å²) in [6.45, 7) is 1.46. The molecule has 8 aromatic carbocycles. The van der Waals surface area contributed by atoms with Gasteiger partial charge >= 0.3 is 6.18 Å². The molecule has 12 aromatic rings. The molecule has 64 heavy (non-hydrogen) atoms. The Morgan fingerprint density at radius 3 is 0.922 bits per heavy atom. The Kier molecular flexibility index (Phi) is 7.53. The van der Waals surface area contributed by atoms with Gasteiger partial charge in [-0.05, 0) is 55.5 Å². The summed E-state index contributed by atoms with van der Waals surface area (Å²) >= 11 is 0. The molecule has 2 unspecified atom stereocenters. The molecule has 0 spiro atoms. The van der Waals surface area contributed by atoms with E-state index < -0.39 is 23.5 Å². The molecule has 0 N–H and O–H groups in total. The summed E-state index contributed by atoms with van der Waals surface area (Å²) in [5.41, 5.74) is 2.46. The molecule has 308 valence electrons. The molecule has 1 aliphatic carbocycles. The van der Waals surface area contributed by atoms with Crippen molar-refractivity contribution in [3.8, 4) is 0 Å². The minimum atomic E-state index is -5.02. The zero-order chi connectivity index (χ0) is 43.1. The van der Waals surface area contributed by atoms with Gasteiger partial charge in [0.1, 0.15) is 17.2 Å². The summed E-state index contributed by atoms with van der Waals surface area (Å²) in [4.78, 5) is 0. The molecule has 1 aliphatic rings. The number of para-hydroxylation sites is 8. The van der Waals surface area contributed by atoms with Gasteiger partial charge in [-0.1, -0.05) is 146 Å². The second-order valence-electron chi connectivity index (χ2n) is 17.0. The molecule has 4 nitrogen and oxygen atoms in total. The predicted octanol–water partition coefficient (Wildman–Crippen LogP) is 15.4. The number of benzene rings is 8. The molecule has 0 bridgehead atoms. The van der Waals surface area contributed by atoms with Gasteiger partial charge in [-0.15, -0.1) is 0 Å². The topological polar surface area (TPSA) is 19.7 Å². The van der Waals surface area contributed by atoms with Gasteiger partial charge in [0.2, 0.25) is 0 Å². The summed E-state index contributed by atoms with van der Waals surface area (Å²) in [7, 11) is 0. The molecule has 0 fully saturated rings. The van der Waals surface area contributed by atoms with E-state index in [1.165, 1.54) is 6.92 Å². The van der Waals surface area contributed by atoms with Gasteiger partial charge in [0.15, 0.2) is 5.83 Å². The van der Waals surface area contributed by atoms with Crippen LogP contribution in [0.5, 0.6) is 0 Å². The summed E-state index contributed by atoms with van der Waals surface area (Å²) in [6.07, 6.45) is -5.02. The number of halogens is 4. The molecule has 4 heterocycles. The van der Waals surface area contributed by atoms with Crippen molar-refractivity contribution in [2.24, 2.45) is 5.92 Å². The first-order valence-electron chi connectivity index (χ1n) is 21.4. The number of aromatic nitrogens is 4. The molecular weight excluding hydrogens is 805 g/mol. The van der Waals surface area contributed by atoms with Crippen LogP contribution in [0.3, 0.4) is 0 Å². The van der Waals surface area contributed by atoms with Crippen LogP contribution in [0, 0.1) is 5.92 Å². The molecule has 13 rings (SSSR count). The van der Waals surface area contributed by atoms with E-state index in [0.29, 0.717) is 44.1 Å². The minimum Gasteiger partial charge on any atom is -0.327 e. The van der Waals surface area contributed by atoms with Gasteiger partial charge in [-0.3, -0.25) is 0 Å². The lowest BCUT2D eigenvalue weighted by Crippen LogP contribution is -2.50. The minimum absolute atomic E-state index is 0.0330. The van der Waals surface area contributed by atoms with Crippen molar-refractivity contribution in [1.82, 2.24) is 18.3 Å². The van der Waals surface area contributed by atoms with Crippen molar-refractivity contribution in [3.05, 3.63) is 200 Å². The van der Waals surface area contributed by atoms with Crippen molar-refractivity contribution >= 4 is 104 Å². The number of alkyl halides is 3. The van der Waals surface area contributed by atoms with Crippen LogP contribution >= 0.6 is 0 Å². The van der Waals surface area contributed by atoms with Crippen LogP contribution in [0.1, 0.15) is 6.92 Å². The highest BCUT2D eigenvalue weighted by Gasteiger charge is 2.62. The largest absolute Gasteiger partial charge is 0.399 e. The second-order valence-corrected chi connectivity index (χ2v) is 17.0. The van der Waals surface area contributed by atoms with Crippen LogP contribution in [-0.2, 0) is 5.54 Å². The van der Waals surface area contributed by atoms with Crippen LogP contribution in [-0.4, -0.2) is 24.4 Å². The monoisotopic (exact) mass is 840 g/mol. The zero-order valence-electron chi connectivity index (χ0n) is 34.4. The fourth-order valence-electron chi connectivity index (χ4n) is 11.3. The lowest BCUT2D eigenvalue weighted by Gasteiger charge is -2.46. The van der Waals surface area contributed by atoms with Gasteiger partial charge in [0.25, 0.3) is 0 Å². The maximum Gasteiger partial charge on any atom is 0.399 e. The average molecular weight is 841 g/mol. The highest BCUT2D eigenvalue weighted by molar-refractivity contribution is 6.21. The number of hydrogen-bond acceptors (Lipinski definition) is 0. The van der Waals surface area contributed by atoms with Crippen LogP contribution in [0.2, 0.25) is 0 Å². The van der Waals surface area contributed by atoms with E-state index in [4.69, 9.17) is 0 Å². The van der Waals surface area contributed by atoms with Crippen LogP contribution < -0.4 is 0 Å².